The molecule has 8 nitrogen and oxygen atoms in total. The fourth-order valence-electron chi connectivity index (χ4n) is 4.14. The summed E-state index contributed by atoms with van der Waals surface area (Å²) in [6, 6.07) is 16.1. The fourth-order valence-corrected chi connectivity index (χ4v) is 4.14. The van der Waals surface area contributed by atoms with Crippen LogP contribution < -0.4 is 5.32 Å². The first-order valence-electron chi connectivity index (χ1n) is 11.3. The van der Waals surface area contributed by atoms with E-state index in [4.69, 9.17) is 9.52 Å². The number of aliphatic carboxylic acids is 1. The van der Waals surface area contributed by atoms with Gasteiger partial charge in [0.1, 0.15) is 23.8 Å². The smallest absolute Gasteiger partial charge is 0.325 e. The first-order chi connectivity index (χ1) is 16.9. The Kier molecular flexibility index (Phi) is 5.78. The number of carboxylic acids is 1. The summed E-state index contributed by atoms with van der Waals surface area (Å²) in [4.78, 5) is 20.2. The van der Waals surface area contributed by atoms with E-state index in [2.05, 4.69) is 39.4 Å². The predicted octanol–water partition coefficient (Wildman–Crippen LogP) is 5.63. The van der Waals surface area contributed by atoms with Crippen molar-refractivity contribution in [2.45, 2.75) is 33.4 Å². The highest BCUT2D eigenvalue weighted by molar-refractivity contribution is 5.85. The molecule has 5 aromatic rings. The Bertz CT molecular complexity index is 1540. The van der Waals surface area contributed by atoms with E-state index in [0.717, 1.165) is 50.3 Å². The van der Waals surface area contributed by atoms with Crippen LogP contribution in [0.15, 0.2) is 71.6 Å². The van der Waals surface area contributed by atoms with Gasteiger partial charge in [0.15, 0.2) is 0 Å². The normalized spacial score (nSPS) is 12.1. The lowest BCUT2D eigenvalue weighted by Gasteiger charge is -2.17. The molecule has 0 bridgehead atoms. The summed E-state index contributed by atoms with van der Waals surface area (Å²) in [5.74, 6) is 0.495. The molecule has 0 aliphatic carbocycles. The van der Waals surface area contributed by atoms with Crippen molar-refractivity contribution in [3.63, 3.8) is 0 Å². The van der Waals surface area contributed by atoms with Crippen LogP contribution in [0, 0.1) is 13.8 Å². The maximum Gasteiger partial charge on any atom is 0.325 e. The van der Waals surface area contributed by atoms with Gasteiger partial charge in [-0.3, -0.25) is 9.48 Å². The van der Waals surface area contributed by atoms with Crippen LogP contribution in [0.25, 0.3) is 33.4 Å². The van der Waals surface area contributed by atoms with Crippen LogP contribution in [0.3, 0.4) is 0 Å². The van der Waals surface area contributed by atoms with Crippen molar-refractivity contribution in [1.82, 2.24) is 19.7 Å². The van der Waals surface area contributed by atoms with Crippen LogP contribution in [0.4, 0.5) is 5.82 Å². The molecule has 3 heterocycles. The molecule has 8 heteroatoms. The van der Waals surface area contributed by atoms with Crippen molar-refractivity contribution in [2.75, 3.05) is 5.32 Å². The first-order valence-corrected chi connectivity index (χ1v) is 11.3. The van der Waals surface area contributed by atoms with Crippen molar-refractivity contribution in [3.8, 4) is 22.4 Å². The van der Waals surface area contributed by atoms with E-state index in [1.807, 2.05) is 50.2 Å². The predicted molar refractivity (Wildman–Crippen MR) is 134 cm³/mol. The molecular formula is C27H25N5O3. The van der Waals surface area contributed by atoms with Gasteiger partial charge >= 0.3 is 5.97 Å². The quantitative estimate of drug-likeness (QED) is 0.320. The van der Waals surface area contributed by atoms with Crippen molar-refractivity contribution >= 4 is 22.8 Å². The highest BCUT2D eigenvalue weighted by Gasteiger charge is 2.12. The molecule has 0 radical (unpaired) electrons. The minimum Gasteiger partial charge on any atom is -0.480 e. The zero-order valence-corrected chi connectivity index (χ0v) is 19.7. The second kappa shape index (κ2) is 9.06. The van der Waals surface area contributed by atoms with Crippen LogP contribution in [0.5, 0.6) is 0 Å². The van der Waals surface area contributed by atoms with Crippen molar-refractivity contribution in [2.24, 2.45) is 0 Å². The number of carboxylic acid groups (broad SMARTS) is 1. The molecule has 2 aromatic carbocycles. The summed E-state index contributed by atoms with van der Waals surface area (Å²) in [6.07, 6.45) is 5.18. The van der Waals surface area contributed by atoms with Gasteiger partial charge in [-0.25, -0.2) is 9.97 Å². The summed E-state index contributed by atoms with van der Waals surface area (Å²) in [5.41, 5.74) is 6.70. The highest BCUT2D eigenvalue weighted by atomic mass is 16.4. The van der Waals surface area contributed by atoms with E-state index in [1.165, 1.54) is 4.68 Å². The van der Waals surface area contributed by atoms with Gasteiger partial charge in [-0.1, -0.05) is 18.2 Å². The van der Waals surface area contributed by atoms with Gasteiger partial charge in [0.05, 0.1) is 18.2 Å². The average Bonchev–Trinajstić information content (AvgIpc) is 3.45. The van der Waals surface area contributed by atoms with Gasteiger partial charge in [-0.15, -0.1) is 0 Å². The van der Waals surface area contributed by atoms with Gasteiger partial charge in [0, 0.05) is 34.8 Å². The second-order valence-corrected chi connectivity index (χ2v) is 8.63. The molecule has 0 aliphatic heterocycles. The van der Waals surface area contributed by atoms with Gasteiger partial charge in [0.25, 0.3) is 0 Å². The lowest BCUT2D eigenvalue weighted by Crippen LogP contribution is -2.09. The zero-order valence-electron chi connectivity index (χ0n) is 19.7. The highest BCUT2D eigenvalue weighted by Crippen LogP contribution is 2.29. The second-order valence-electron chi connectivity index (χ2n) is 8.63. The molecule has 0 aliphatic rings. The largest absolute Gasteiger partial charge is 0.480 e. The van der Waals surface area contributed by atoms with Crippen LogP contribution in [-0.4, -0.2) is 30.8 Å². The summed E-state index contributed by atoms with van der Waals surface area (Å²) in [7, 11) is 0. The van der Waals surface area contributed by atoms with E-state index in [-0.39, 0.29) is 12.6 Å². The van der Waals surface area contributed by atoms with Crippen molar-refractivity contribution in [3.05, 3.63) is 84.1 Å². The topological polar surface area (TPSA) is 106 Å². The summed E-state index contributed by atoms with van der Waals surface area (Å²) >= 11 is 0. The van der Waals surface area contributed by atoms with Crippen molar-refractivity contribution in [1.29, 1.82) is 0 Å². The molecule has 35 heavy (non-hydrogen) atoms. The molecule has 0 saturated heterocycles. The van der Waals surface area contributed by atoms with E-state index in [0.29, 0.717) is 5.82 Å². The number of furan rings is 1. The zero-order chi connectivity index (χ0) is 24.5. The first kappa shape index (κ1) is 22.3. The lowest BCUT2D eigenvalue weighted by atomic mass is 10.0. The number of carbonyl (C=O) groups is 1. The Morgan fingerprint density at radius 1 is 1.09 bits per heavy atom. The molecule has 176 valence electrons. The Hall–Kier alpha value is -4.46. The number of aryl methyl sites for hydroxylation is 2. The molecule has 2 N–H and O–H groups in total. The molecule has 1 unspecified atom stereocenters. The molecule has 3 aromatic heterocycles. The summed E-state index contributed by atoms with van der Waals surface area (Å²) < 4.78 is 6.99. The third-order valence-corrected chi connectivity index (χ3v) is 5.92. The van der Waals surface area contributed by atoms with Crippen LogP contribution in [0.2, 0.25) is 0 Å². The summed E-state index contributed by atoms with van der Waals surface area (Å²) in [5, 5.41) is 17.7. The lowest BCUT2D eigenvalue weighted by molar-refractivity contribution is -0.137. The molecule has 0 amide bonds. The third-order valence-electron chi connectivity index (χ3n) is 5.92. The molecule has 5 rings (SSSR count). The SMILES string of the molecule is Cc1nc(NC(C)c2cccc(-c3cnn(CC(=O)O)c3)c2)cc(-c2ccc3occ(C)c3c2)n1. The molecular weight excluding hydrogens is 442 g/mol. The fraction of sp³-hybridized carbons (Fsp3) is 0.185. The number of rotatable bonds is 7. The molecule has 0 spiro atoms. The van der Waals surface area contributed by atoms with Crippen LogP contribution >= 0.6 is 0 Å². The minimum absolute atomic E-state index is 0.0234. The Labute approximate surface area is 202 Å². The molecule has 0 fully saturated rings. The Morgan fingerprint density at radius 3 is 2.77 bits per heavy atom. The number of fused-ring (bicyclic) bond motifs is 1. The van der Waals surface area contributed by atoms with Crippen LogP contribution in [-0.2, 0) is 11.3 Å². The number of nitrogens with zero attached hydrogens (tertiary/aromatic N) is 4. The van der Waals surface area contributed by atoms with Gasteiger partial charge in [0.2, 0.25) is 0 Å². The monoisotopic (exact) mass is 467 g/mol. The number of benzene rings is 2. The third kappa shape index (κ3) is 4.77. The maximum atomic E-state index is 10.9. The number of aromatic nitrogens is 4. The van der Waals surface area contributed by atoms with E-state index in [9.17, 15) is 4.79 Å². The van der Waals surface area contributed by atoms with Gasteiger partial charge < -0.3 is 14.8 Å². The van der Waals surface area contributed by atoms with E-state index in [1.54, 1.807) is 18.7 Å². The Morgan fingerprint density at radius 2 is 1.94 bits per heavy atom. The standard InChI is InChI=1S/C27H25N5O3/c1-16-15-35-25-8-7-21(10-23(16)25)24-11-26(31-18(3)30-24)29-17(2)19-5-4-6-20(9-19)22-12-28-32(13-22)14-27(33)34/h4-13,15,17H,14H2,1-3H3,(H,33,34)(H,29,30,31). The van der Waals surface area contributed by atoms with Crippen molar-refractivity contribution < 1.29 is 14.3 Å². The number of hydrogen-bond donors (Lipinski definition) is 2. The molecule has 0 saturated carbocycles. The van der Waals surface area contributed by atoms with E-state index < -0.39 is 5.97 Å². The Balaban J connectivity index is 1.39. The summed E-state index contributed by atoms with van der Waals surface area (Å²) in [6.45, 7) is 5.82. The van der Waals surface area contributed by atoms with Gasteiger partial charge in [-0.05, 0) is 61.7 Å². The van der Waals surface area contributed by atoms with Crippen LogP contribution in [0.1, 0.15) is 29.9 Å². The number of nitrogens with one attached hydrogen (secondary N) is 1. The van der Waals surface area contributed by atoms with Gasteiger partial charge in [-0.2, -0.15) is 5.10 Å². The molecule has 1 atom stereocenters. The number of hydrogen-bond acceptors (Lipinski definition) is 6. The minimum atomic E-state index is -0.925. The maximum absolute atomic E-state index is 10.9. The van der Waals surface area contributed by atoms with E-state index >= 15 is 0 Å². The number of anilines is 1. The average molecular weight is 468 g/mol.